The Balaban J connectivity index is 2.02. The molecule has 2 aromatic carbocycles. The van der Waals surface area contributed by atoms with Gasteiger partial charge in [-0.3, -0.25) is 4.79 Å². The van der Waals surface area contributed by atoms with E-state index in [-0.39, 0.29) is 10.8 Å². The molecule has 0 heterocycles. The van der Waals surface area contributed by atoms with Gasteiger partial charge in [0, 0.05) is 25.7 Å². The number of nitrogens with one attached hydrogen (secondary N) is 1. The van der Waals surface area contributed by atoms with Crippen LogP contribution in [0.5, 0.6) is 0 Å². The number of sulfonamides is 1. The molecule has 0 aliphatic heterocycles. The van der Waals surface area contributed by atoms with Crippen molar-refractivity contribution in [3.8, 4) is 0 Å². The summed E-state index contributed by atoms with van der Waals surface area (Å²) < 4.78 is 26.7. The molecule has 1 amide bonds. The summed E-state index contributed by atoms with van der Waals surface area (Å²) in [6.07, 6.45) is 3.11. The molecule has 0 saturated carbocycles. The van der Waals surface area contributed by atoms with E-state index in [1.165, 1.54) is 16.4 Å². The van der Waals surface area contributed by atoms with Gasteiger partial charge in [0.2, 0.25) is 10.0 Å². The van der Waals surface area contributed by atoms with Gasteiger partial charge in [-0.25, -0.2) is 8.42 Å². The normalized spacial score (nSPS) is 11.5. The molecule has 0 fully saturated rings. The van der Waals surface area contributed by atoms with Crippen molar-refractivity contribution in [1.29, 1.82) is 0 Å². The van der Waals surface area contributed by atoms with Gasteiger partial charge in [-0.1, -0.05) is 50.1 Å². The zero-order valence-corrected chi connectivity index (χ0v) is 16.1. The first-order valence-electron chi connectivity index (χ1n) is 8.83. The van der Waals surface area contributed by atoms with Crippen LogP contribution in [-0.2, 0) is 16.6 Å². The Bertz CT molecular complexity index is 803. The minimum Gasteiger partial charge on any atom is -0.352 e. The Morgan fingerprint density at radius 1 is 1.00 bits per heavy atom. The molecular formula is C20H26N2O3S. The van der Waals surface area contributed by atoms with Crippen LogP contribution < -0.4 is 5.32 Å². The first kappa shape index (κ1) is 20.1. The third-order valence-corrected chi connectivity index (χ3v) is 5.96. The molecule has 0 aromatic heterocycles. The highest BCUT2D eigenvalue weighted by atomic mass is 32.2. The lowest BCUT2D eigenvalue weighted by atomic mass is 10.2. The number of carbonyl (C=O) groups is 1. The SMILES string of the molecule is CCCCCNC(=O)c1ccc(S(=O)(=O)N(C)Cc2ccccc2)cc1. The topological polar surface area (TPSA) is 66.5 Å². The maximum absolute atomic E-state index is 12.7. The monoisotopic (exact) mass is 374 g/mol. The number of rotatable bonds is 9. The molecular weight excluding hydrogens is 348 g/mol. The van der Waals surface area contributed by atoms with Crippen molar-refractivity contribution in [1.82, 2.24) is 9.62 Å². The Morgan fingerprint density at radius 2 is 1.65 bits per heavy atom. The fourth-order valence-electron chi connectivity index (χ4n) is 2.56. The van der Waals surface area contributed by atoms with Gasteiger partial charge in [0.1, 0.15) is 0 Å². The maximum atomic E-state index is 12.7. The van der Waals surface area contributed by atoms with Crippen LogP contribution in [0.1, 0.15) is 42.1 Å². The quantitative estimate of drug-likeness (QED) is 0.684. The Labute approximate surface area is 156 Å². The predicted molar refractivity (Wildman–Crippen MR) is 103 cm³/mol. The Kier molecular flexibility index (Phi) is 7.36. The summed E-state index contributed by atoms with van der Waals surface area (Å²) in [5, 5.41) is 2.85. The number of nitrogens with zero attached hydrogens (tertiary/aromatic N) is 1. The lowest BCUT2D eigenvalue weighted by Crippen LogP contribution is -2.27. The van der Waals surface area contributed by atoms with Crippen LogP contribution in [0.4, 0.5) is 0 Å². The van der Waals surface area contributed by atoms with Crippen LogP contribution in [0, 0.1) is 0 Å². The molecule has 26 heavy (non-hydrogen) atoms. The Hall–Kier alpha value is -2.18. The highest BCUT2D eigenvalue weighted by Gasteiger charge is 2.21. The van der Waals surface area contributed by atoms with Crippen LogP contribution in [0.15, 0.2) is 59.5 Å². The minimum absolute atomic E-state index is 0.178. The number of hydrogen-bond donors (Lipinski definition) is 1. The van der Waals surface area contributed by atoms with Crippen molar-refractivity contribution in [2.75, 3.05) is 13.6 Å². The van der Waals surface area contributed by atoms with Crippen LogP contribution >= 0.6 is 0 Å². The van der Waals surface area contributed by atoms with Crippen LogP contribution in [-0.4, -0.2) is 32.2 Å². The van der Waals surface area contributed by atoms with Crippen molar-refractivity contribution < 1.29 is 13.2 Å². The number of amides is 1. The van der Waals surface area contributed by atoms with Crippen LogP contribution in [0.25, 0.3) is 0 Å². The second-order valence-electron chi connectivity index (χ2n) is 6.23. The summed E-state index contributed by atoms with van der Waals surface area (Å²) in [4.78, 5) is 12.3. The van der Waals surface area contributed by atoms with Crippen molar-refractivity contribution >= 4 is 15.9 Å². The first-order valence-corrected chi connectivity index (χ1v) is 10.3. The summed E-state index contributed by atoms with van der Waals surface area (Å²) in [5.74, 6) is -0.178. The van der Waals surface area contributed by atoms with E-state index >= 15 is 0 Å². The standard InChI is InChI=1S/C20H26N2O3S/c1-3-4-8-15-21-20(23)18-11-13-19(14-12-18)26(24,25)22(2)16-17-9-6-5-7-10-17/h5-7,9-14H,3-4,8,15-16H2,1-2H3,(H,21,23). The second-order valence-corrected chi connectivity index (χ2v) is 8.28. The van der Waals surface area contributed by atoms with Crippen molar-refractivity contribution in [2.45, 2.75) is 37.6 Å². The number of benzene rings is 2. The molecule has 0 atom stereocenters. The molecule has 2 aromatic rings. The highest BCUT2D eigenvalue weighted by molar-refractivity contribution is 7.89. The minimum atomic E-state index is -3.60. The summed E-state index contributed by atoms with van der Waals surface area (Å²) in [6.45, 7) is 3.03. The molecule has 0 saturated heterocycles. The van der Waals surface area contributed by atoms with Crippen LogP contribution in [0.2, 0.25) is 0 Å². The van der Waals surface area contributed by atoms with E-state index in [2.05, 4.69) is 12.2 Å². The van der Waals surface area contributed by atoms with E-state index in [9.17, 15) is 13.2 Å². The molecule has 140 valence electrons. The summed E-state index contributed by atoms with van der Waals surface area (Å²) in [5.41, 5.74) is 1.38. The molecule has 0 radical (unpaired) electrons. The van der Waals surface area contributed by atoms with E-state index in [4.69, 9.17) is 0 Å². The first-order chi connectivity index (χ1) is 12.4. The van der Waals surface area contributed by atoms with Gasteiger partial charge in [0.25, 0.3) is 5.91 Å². The number of carbonyl (C=O) groups excluding carboxylic acids is 1. The zero-order valence-electron chi connectivity index (χ0n) is 15.3. The predicted octanol–water partition coefficient (Wildman–Crippen LogP) is 3.43. The zero-order chi connectivity index (χ0) is 19.0. The van der Waals surface area contributed by atoms with E-state index in [1.807, 2.05) is 30.3 Å². The third-order valence-electron chi connectivity index (χ3n) is 4.14. The van der Waals surface area contributed by atoms with Gasteiger partial charge in [-0.05, 0) is 36.2 Å². The summed E-state index contributed by atoms with van der Waals surface area (Å²) >= 11 is 0. The molecule has 0 aliphatic carbocycles. The smallest absolute Gasteiger partial charge is 0.251 e. The fraction of sp³-hybridized carbons (Fsp3) is 0.350. The lowest BCUT2D eigenvalue weighted by molar-refractivity contribution is 0.0953. The highest BCUT2D eigenvalue weighted by Crippen LogP contribution is 2.17. The van der Waals surface area contributed by atoms with Crippen molar-refractivity contribution in [3.63, 3.8) is 0 Å². The second kappa shape index (κ2) is 9.50. The van der Waals surface area contributed by atoms with Crippen LogP contribution in [0.3, 0.4) is 0 Å². The van der Waals surface area contributed by atoms with Crippen molar-refractivity contribution in [2.24, 2.45) is 0 Å². The van der Waals surface area contributed by atoms with Crippen molar-refractivity contribution in [3.05, 3.63) is 65.7 Å². The molecule has 1 N–H and O–H groups in total. The average molecular weight is 375 g/mol. The molecule has 0 aliphatic rings. The molecule has 2 rings (SSSR count). The summed E-state index contributed by atoms with van der Waals surface area (Å²) in [7, 11) is -2.05. The molecule has 0 unspecified atom stereocenters. The maximum Gasteiger partial charge on any atom is 0.251 e. The van der Waals surface area contributed by atoms with Gasteiger partial charge < -0.3 is 5.32 Å². The van der Waals surface area contributed by atoms with E-state index in [0.29, 0.717) is 18.7 Å². The largest absolute Gasteiger partial charge is 0.352 e. The molecule has 0 spiro atoms. The third kappa shape index (κ3) is 5.41. The van der Waals surface area contributed by atoms with E-state index in [1.54, 1.807) is 19.2 Å². The Morgan fingerprint density at radius 3 is 2.27 bits per heavy atom. The average Bonchev–Trinajstić information content (AvgIpc) is 2.66. The summed E-state index contributed by atoms with van der Waals surface area (Å²) in [6, 6.07) is 15.5. The lowest BCUT2D eigenvalue weighted by Gasteiger charge is -2.17. The molecule has 5 nitrogen and oxygen atoms in total. The molecule has 6 heteroatoms. The van der Waals surface area contributed by atoms with Gasteiger partial charge in [-0.2, -0.15) is 4.31 Å². The van der Waals surface area contributed by atoms with Gasteiger partial charge in [-0.15, -0.1) is 0 Å². The van der Waals surface area contributed by atoms with Gasteiger partial charge in [0.05, 0.1) is 4.90 Å². The van der Waals surface area contributed by atoms with E-state index in [0.717, 1.165) is 24.8 Å². The molecule has 0 bridgehead atoms. The van der Waals surface area contributed by atoms with Gasteiger partial charge in [0.15, 0.2) is 0 Å². The van der Waals surface area contributed by atoms with Gasteiger partial charge >= 0.3 is 0 Å². The fourth-order valence-corrected chi connectivity index (χ4v) is 3.72. The van der Waals surface area contributed by atoms with E-state index < -0.39 is 10.0 Å². The number of unbranched alkanes of at least 4 members (excludes halogenated alkanes) is 2. The number of hydrogen-bond acceptors (Lipinski definition) is 3.